The van der Waals surface area contributed by atoms with Crippen molar-refractivity contribution in [2.75, 3.05) is 5.32 Å². The Hall–Kier alpha value is -1.13. The third-order valence-corrected chi connectivity index (χ3v) is 3.46. The first-order valence-corrected chi connectivity index (χ1v) is 6.37. The number of benzene rings is 2. The Morgan fingerprint density at radius 1 is 1.17 bits per heavy atom. The van der Waals surface area contributed by atoms with E-state index >= 15 is 0 Å². The maximum atomic E-state index is 13.5. The predicted molar refractivity (Wildman–Crippen MR) is 72.8 cm³/mol. The minimum Gasteiger partial charge on any atom is -0.378 e. The monoisotopic (exact) mass is 331 g/mol. The molecule has 18 heavy (non-hydrogen) atoms. The Labute approximate surface area is 117 Å². The number of para-hydroxylation sites is 1. The minimum absolute atomic E-state index is 0.246. The Bertz CT molecular complexity index is 555. The van der Waals surface area contributed by atoms with Crippen LogP contribution in [0.1, 0.15) is 5.56 Å². The van der Waals surface area contributed by atoms with Crippen molar-refractivity contribution in [2.45, 2.75) is 6.54 Å². The highest BCUT2D eigenvalue weighted by Gasteiger charge is 2.07. The quantitative estimate of drug-likeness (QED) is 0.834. The molecule has 0 aromatic heterocycles. The summed E-state index contributed by atoms with van der Waals surface area (Å²) >= 11 is 9.17. The summed E-state index contributed by atoms with van der Waals surface area (Å²) < 4.78 is 27.2. The Morgan fingerprint density at radius 3 is 2.67 bits per heavy atom. The van der Waals surface area contributed by atoms with E-state index in [-0.39, 0.29) is 18.2 Å². The highest BCUT2D eigenvalue weighted by Crippen LogP contribution is 2.26. The van der Waals surface area contributed by atoms with Crippen molar-refractivity contribution in [3.05, 3.63) is 63.1 Å². The Morgan fingerprint density at radius 2 is 1.94 bits per heavy atom. The van der Waals surface area contributed by atoms with Gasteiger partial charge in [-0.25, -0.2) is 8.78 Å². The Kier molecular flexibility index (Phi) is 4.19. The third-order valence-electron chi connectivity index (χ3n) is 2.43. The molecule has 1 N–H and O–H groups in total. The lowest BCUT2D eigenvalue weighted by Crippen LogP contribution is -2.03. The molecule has 0 spiro atoms. The molecule has 2 aromatic rings. The number of hydrogen-bond donors (Lipinski definition) is 1. The fraction of sp³-hybridized carbons (Fsp3) is 0.0769. The highest BCUT2D eigenvalue weighted by molar-refractivity contribution is 9.10. The number of anilines is 1. The number of rotatable bonds is 3. The molecule has 2 aromatic carbocycles. The molecule has 5 heteroatoms. The van der Waals surface area contributed by atoms with Crippen molar-refractivity contribution in [3.63, 3.8) is 0 Å². The molecule has 0 fully saturated rings. The zero-order chi connectivity index (χ0) is 13.1. The van der Waals surface area contributed by atoms with Gasteiger partial charge in [0, 0.05) is 16.0 Å². The molecule has 0 saturated carbocycles. The molecule has 0 aliphatic carbocycles. The van der Waals surface area contributed by atoms with E-state index in [1.165, 1.54) is 24.3 Å². The van der Waals surface area contributed by atoms with Crippen LogP contribution in [0.3, 0.4) is 0 Å². The molecule has 0 radical (unpaired) electrons. The first kappa shape index (κ1) is 13.3. The first-order chi connectivity index (χ1) is 8.58. The fourth-order valence-electron chi connectivity index (χ4n) is 1.53. The van der Waals surface area contributed by atoms with Crippen molar-refractivity contribution in [1.82, 2.24) is 0 Å². The van der Waals surface area contributed by atoms with Gasteiger partial charge in [0.25, 0.3) is 0 Å². The SMILES string of the molecule is Fc1ccc(Cl)c(CNc2c(F)cccc2Br)c1. The van der Waals surface area contributed by atoms with Gasteiger partial charge < -0.3 is 5.32 Å². The van der Waals surface area contributed by atoms with Gasteiger partial charge >= 0.3 is 0 Å². The van der Waals surface area contributed by atoms with Crippen LogP contribution in [0.15, 0.2) is 40.9 Å². The topological polar surface area (TPSA) is 12.0 Å². The maximum absolute atomic E-state index is 13.5. The van der Waals surface area contributed by atoms with Crippen molar-refractivity contribution in [2.24, 2.45) is 0 Å². The second kappa shape index (κ2) is 5.67. The molecular formula is C13H9BrClF2N. The lowest BCUT2D eigenvalue weighted by Gasteiger charge is -2.10. The second-order valence-electron chi connectivity index (χ2n) is 3.69. The van der Waals surface area contributed by atoms with E-state index < -0.39 is 0 Å². The summed E-state index contributed by atoms with van der Waals surface area (Å²) in [5.74, 6) is -0.749. The molecule has 0 aliphatic heterocycles. The summed E-state index contributed by atoms with van der Waals surface area (Å²) in [6, 6.07) is 8.75. The van der Waals surface area contributed by atoms with Gasteiger partial charge in [-0.1, -0.05) is 17.7 Å². The van der Waals surface area contributed by atoms with Crippen LogP contribution < -0.4 is 5.32 Å². The zero-order valence-corrected chi connectivity index (χ0v) is 11.5. The summed E-state index contributed by atoms with van der Waals surface area (Å²) in [6.07, 6.45) is 0. The van der Waals surface area contributed by atoms with E-state index in [4.69, 9.17) is 11.6 Å². The summed E-state index contributed by atoms with van der Waals surface area (Å²) in [5, 5.41) is 3.33. The van der Waals surface area contributed by atoms with Gasteiger partial charge in [0.05, 0.1) is 5.69 Å². The zero-order valence-electron chi connectivity index (χ0n) is 9.18. The van der Waals surface area contributed by atoms with Gasteiger partial charge in [0.15, 0.2) is 0 Å². The molecule has 0 bridgehead atoms. The molecule has 0 saturated heterocycles. The van der Waals surface area contributed by atoms with Crippen LogP contribution in [-0.2, 0) is 6.54 Å². The van der Waals surface area contributed by atoms with Gasteiger partial charge in [-0.2, -0.15) is 0 Å². The van der Waals surface area contributed by atoms with Crippen LogP contribution in [0.2, 0.25) is 5.02 Å². The number of nitrogens with one attached hydrogen (secondary N) is 1. The highest BCUT2D eigenvalue weighted by atomic mass is 79.9. The van der Waals surface area contributed by atoms with E-state index in [0.29, 0.717) is 20.7 Å². The van der Waals surface area contributed by atoms with Crippen LogP contribution in [-0.4, -0.2) is 0 Å². The fourth-order valence-corrected chi connectivity index (χ4v) is 2.20. The molecule has 0 aliphatic rings. The van der Waals surface area contributed by atoms with Crippen LogP contribution in [0, 0.1) is 11.6 Å². The molecule has 0 atom stereocenters. The largest absolute Gasteiger partial charge is 0.378 e. The van der Waals surface area contributed by atoms with Crippen LogP contribution >= 0.6 is 27.5 Å². The molecule has 1 nitrogen and oxygen atoms in total. The summed E-state index contributed by atoms with van der Waals surface area (Å²) in [4.78, 5) is 0. The van der Waals surface area contributed by atoms with E-state index in [2.05, 4.69) is 21.2 Å². The van der Waals surface area contributed by atoms with Gasteiger partial charge in [-0.05, 0) is 51.8 Å². The predicted octanol–water partition coefficient (Wildman–Crippen LogP) is 4.99. The normalized spacial score (nSPS) is 10.4. The first-order valence-electron chi connectivity index (χ1n) is 5.20. The van der Waals surface area contributed by atoms with Crippen molar-refractivity contribution < 1.29 is 8.78 Å². The molecule has 2 rings (SSSR count). The summed E-state index contributed by atoms with van der Waals surface area (Å²) in [5.41, 5.74) is 0.907. The lowest BCUT2D eigenvalue weighted by atomic mass is 10.2. The van der Waals surface area contributed by atoms with E-state index in [9.17, 15) is 8.78 Å². The standard InChI is InChI=1S/C13H9BrClF2N/c14-10-2-1-3-12(17)13(10)18-7-8-6-9(16)4-5-11(8)15/h1-6,18H,7H2. The maximum Gasteiger partial charge on any atom is 0.147 e. The smallest absolute Gasteiger partial charge is 0.147 e. The van der Waals surface area contributed by atoms with E-state index in [1.54, 1.807) is 12.1 Å². The average Bonchev–Trinajstić information content (AvgIpc) is 2.33. The van der Waals surface area contributed by atoms with Crippen LogP contribution in [0.4, 0.5) is 14.5 Å². The second-order valence-corrected chi connectivity index (χ2v) is 4.95. The van der Waals surface area contributed by atoms with Gasteiger partial charge in [0.1, 0.15) is 11.6 Å². The Balaban J connectivity index is 2.19. The van der Waals surface area contributed by atoms with Crippen molar-refractivity contribution in [3.8, 4) is 0 Å². The molecule has 0 heterocycles. The van der Waals surface area contributed by atoms with E-state index in [0.717, 1.165) is 0 Å². The van der Waals surface area contributed by atoms with E-state index in [1.807, 2.05) is 0 Å². The molecule has 94 valence electrons. The van der Waals surface area contributed by atoms with Crippen molar-refractivity contribution >= 4 is 33.2 Å². The summed E-state index contributed by atoms with van der Waals surface area (Å²) in [6.45, 7) is 0.246. The average molecular weight is 333 g/mol. The minimum atomic E-state index is -0.378. The molecule has 0 amide bonds. The van der Waals surface area contributed by atoms with Crippen LogP contribution in [0.25, 0.3) is 0 Å². The van der Waals surface area contributed by atoms with Crippen molar-refractivity contribution in [1.29, 1.82) is 0 Å². The third kappa shape index (κ3) is 3.00. The number of hydrogen-bond acceptors (Lipinski definition) is 1. The van der Waals surface area contributed by atoms with Crippen LogP contribution in [0.5, 0.6) is 0 Å². The number of halogens is 4. The molecule has 0 unspecified atom stereocenters. The van der Waals surface area contributed by atoms with Gasteiger partial charge in [-0.3, -0.25) is 0 Å². The summed E-state index contributed by atoms with van der Waals surface area (Å²) in [7, 11) is 0. The molecular weight excluding hydrogens is 324 g/mol. The van der Waals surface area contributed by atoms with Gasteiger partial charge in [-0.15, -0.1) is 0 Å². The van der Waals surface area contributed by atoms with Gasteiger partial charge in [0.2, 0.25) is 0 Å². The lowest BCUT2D eigenvalue weighted by molar-refractivity contribution is 0.625.